The van der Waals surface area contributed by atoms with Crippen molar-refractivity contribution in [1.29, 1.82) is 0 Å². The first kappa shape index (κ1) is 15.6. The highest BCUT2D eigenvalue weighted by Gasteiger charge is 2.34. The van der Waals surface area contributed by atoms with Gasteiger partial charge < -0.3 is 5.32 Å². The largest absolute Gasteiger partial charge is 0.433 e. The van der Waals surface area contributed by atoms with Crippen molar-refractivity contribution in [3.05, 3.63) is 53.1 Å². The van der Waals surface area contributed by atoms with Crippen LogP contribution in [-0.4, -0.2) is 25.5 Å². The van der Waals surface area contributed by atoms with Gasteiger partial charge in [0, 0.05) is 18.0 Å². The Morgan fingerprint density at radius 1 is 1.20 bits per heavy atom. The molecule has 25 heavy (non-hydrogen) atoms. The Labute approximate surface area is 139 Å². The van der Waals surface area contributed by atoms with E-state index in [-0.39, 0.29) is 11.3 Å². The first-order chi connectivity index (χ1) is 11.9. The fourth-order valence-electron chi connectivity index (χ4n) is 2.89. The second kappa shape index (κ2) is 5.54. The predicted octanol–water partition coefficient (Wildman–Crippen LogP) is 2.88. The highest BCUT2D eigenvalue weighted by atomic mass is 19.4. The van der Waals surface area contributed by atoms with Gasteiger partial charge in [0.15, 0.2) is 11.3 Å². The predicted molar refractivity (Wildman–Crippen MR) is 82.2 cm³/mol. The number of aryl methyl sites for hydroxylation is 2. The number of nitrogens with one attached hydrogen (secondary N) is 1. The van der Waals surface area contributed by atoms with Gasteiger partial charge >= 0.3 is 6.18 Å². The van der Waals surface area contributed by atoms with Crippen molar-refractivity contribution in [3.63, 3.8) is 0 Å². The second-order valence-electron chi connectivity index (χ2n) is 5.74. The molecule has 4 rings (SSSR count). The number of hydrogen-bond donors (Lipinski definition) is 1. The molecule has 3 aromatic rings. The van der Waals surface area contributed by atoms with E-state index in [0.717, 1.165) is 42.8 Å². The summed E-state index contributed by atoms with van der Waals surface area (Å²) in [5, 5.41) is 6.31. The van der Waals surface area contributed by atoms with E-state index >= 15 is 0 Å². The summed E-state index contributed by atoms with van der Waals surface area (Å²) in [5.74, 6) is -0.282. The fraction of sp³-hybridized carbons (Fsp3) is 0.250. The maximum Gasteiger partial charge on any atom is 0.433 e. The summed E-state index contributed by atoms with van der Waals surface area (Å²) in [6.45, 7) is 0. The zero-order chi connectivity index (χ0) is 17.6. The van der Waals surface area contributed by atoms with Gasteiger partial charge in [0.05, 0.1) is 0 Å². The third-order valence-corrected chi connectivity index (χ3v) is 4.05. The van der Waals surface area contributed by atoms with Crippen LogP contribution in [0.4, 0.5) is 19.0 Å². The minimum absolute atomic E-state index is 0.0538. The molecule has 0 saturated heterocycles. The monoisotopic (exact) mass is 347 g/mol. The molecule has 0 spiro atoms. The Balaban J connectivity index is 1.64. The van der Waals surface area contributed by atoms with Crippen LogP contribution in [-0.2, 0) is 19.0 Å². The van der Waals surface area contributed by atoms with E-state index < -0.39 is 17.8 Å². The number of pyridine rings is 1. The Morgan fingerprint density at radius 3 is 2.84 bits per heavy atom. The number of carbonyl (C=O) groups is 1. The van der Waals surface area contributed by atoms with Gasteiger partial charge in [-0.15, -0.1) is 0 Å². The van der Waals surface area contributed by atoms with E-state index in [4.69, 9.17) is 0 Å². The average molecular weight is 347 g/mol. The van der Waals surface area contributed by atoms with Crippen molar-refractivity contribution in [2.45, 2.75) is 25.4 Å². The molecule has 1 amide bonds. The standard InChI is InChI=1S/C16H12F3N5O/c17-16(18,19)12-6-7-20-14-8-11(23-24(12)14)15(25)22-13-5-4-9-2-1-3-10(9)21-13/h4-8H,1-3H2,(H,21,22,25). The van der Waals surface area contributed by atoms with Gasteiger partial charge in [-0.05, 0) is 37.0 Å². The van der Waals surface area contributed by atoms with Gasteiger partial charge in [-0.25, -0.2) is 14.5 Å². The lowest BCUT2D eigenvalue weighted by molar-refractivity contribution is -0.142. The molecule has 0 radical (unpaired) electrons. The van der Waals surface area contributed by atoms with Crippen LogP contribution in [0.2, 0.25) is 0 Å². The zero-order valence-corrected chi connectivity index (χ0v) is 12.8. The Morgan fingerprint density at radius 2 is 2.04 bits per heavy atom. The molecule has 3 aromatic heterocycles. The molecule has 0 fully saturated rings. The third-order valence-electron chi connectivity index (χ3n) is 4.05. The molecule has 1 aliphatic rings. The molecule has 0 unspecified atom stereocenters. The van der Waals surface area contributed by atoms with Crippen molar-refractivity contribution < 1.29 is 18.0 Å². The second-order valence-corrected chi connectivity index (χ2v) is 5.74. The molecular weight excluding hydrogens is 335 g/mol. The van der Waals surface area contributed by atoms with Crippen molar-refractivity contribution in [3.8, 4) is 0 Å². The number of rotatable bonds is 2. The Hall–Kier alpha value is -2.97. The summed E-state index contributed by atoms with van der Waals surface area (Å²) in [7, 11) is 0. The first-order valence-corrected chi connectivity index (χ1v) is 7.64. The van der Waals surface area contributed by atoms with Crippen LogP contribution in [0.5, 0.6) is 0 Å². The molecule has 3 heterocycles. The summed E-state index contributed by atoms with van der Waals surface area (Å²) in [4.78, 5) is 20.5. The number of halogens is 3. The number of alkyl halides is 3. The molecule has 0 atom stereocenters. The highest BCUT2D eigenvalue weighted by molar-refractivity contribution is 6.03. The summed E-state index contributed by atoms with van der Waals surface area (Å²) >= 11 is 0. The smallest absolute Gasteiger partial charge is 0.305 e. The highest BCUT2D eigenvalue weighted by Crippen LogP contribution is 2.29. The zero-order valence-electron chi connectivity index (χ0n) is 12.8. The van der Waals surface area contributed by atoms with E-state index in [1.54, 1.807) is 6.07 Å². The van der Waals surface area contributed by atoms with Gasteiger partial charge in [-0.2, -0.15) is 18.3 Å². The van der Waals surface area contributed by atoms with Crippen LogP contribution in [0.25, 0.3) is 5.65 Å². The minimum Gasteiger partial charge on any atom is -0.305 e. The lowest BCUT2D eigenvalue weighted by Gasteiger charge is -2.07. The molecule has 1 N–H and O–H groups in total. The lowest BCUT2D eigenvalue weighted by atomic mass is 10.2. The number of carbonyl (C=O) groups excluding carboxylic acids is 1. The molecule has 0 saturated carbocycles. The van der Waals surface area contributed by atoms with Crippen molar-refractivity contribution in [2.24, 2.45) is 0 Å². The number of fused-ring (bicyclic) bond motifs is 2. The van der Waals surface area contributed by atoms with Gasteiger partial charge in [0.25, 0.3) is 5.91 Å². The van der Waals surface area contributed by atoms with Crippen LogP contribution in [0.3, 0.4) is 0 Å². The molecule has 0 aromatic carbocycles. The first-order valence-electron chi connectivity index (χ1n) is 7.64. The molecular formula is C16H12F3N5O. The number of anilines is 1. The Kier molecular flexibility index (Phi) is 3.45. The van der Waals surface area contributed by atoms with Gasteiger partial charge in [0.1, 0.15) is 11.5 Å². The summed E-state index contributed by atoms with van der Waals surface area (Å²) in [6.07, 6.45) is -0.717. The quantitative estimate of drug-likeness (QED) is 0.774. The molecule has 9 heteroatoms. The van der Waals surface area contributed by atoms with Gasteiger partial charge in [-0.3, -0.25) is 4.79 Å². The van der Waals surface area contributed by atoms with Crippen LogP contribution < -0.4 is 5.32 Å². The van der Waals surface area contributed by atoms with E-state index in [9.17, 15) is 18.0 Å². The van der Waals surface area contributed by atoms with Gasteiger partial charge in [-0.1, -0.05) is 6.07 Å². The molecule has 0 aliphatic heterocycles. The maximum absolute atomic E-state index is 13.0. The number of nitrogens with zero attached hydrogens (tertiary/aromatic N) is 4. The number of amides is 1. The van der Waals surface area contributed by atoms with E-state index in [0.29, 0.717) is 10.3 Å². The van der Waals surface area contributed by atoms with Crippen molar-refractivity contribution in [2.75, 3.05) is 5.32 Å². The SMILES string of the molecule is O=C(Nc1ccc2c(n1)CCC2)c1cc2nccc(C(F)(F)F)n2n1. The fourth-order valence-corrected chi connectivity index (χ4v) is 2.89. The van der Waals surface area contributed by atoms with E-state index in [1.165, 1.54) is 6.07 Å². The Bertz CT molecular complexity index is 980. The summed E-state index contributed by atoms with van der Waals surface area (Å²) < 4.78 is 39.6. The minimum atomic E-state index is -4.59. The molecule has 128 valence electrons. The number of aromatic nitrogens is 4. The molecule has 1 aliphatic carbocycles. The van der Waals surface area contributed by atoms with E-state index in [1.807, 2.05) is 6.07 Å². The van der Waals surface area contributed by atoms with Gasteiger partial charge in [0.2, 0.25) is 0 Å². The number of hydrogen-bond acceptors (Lipinski definition) is 4. The normalized spacial score (nSPS) is 13.9. The van der Waals surface area contributed by atoms with Crippen LogP contribution in [0.1, 0.15) is 33.9 Å². The summed E-state index contributed by atoms with van der Waals surface area (Å²) in [6, 6.07) is 5.59. The van der Waals surface area contributed by atoms with Crippen LogP contribution >= 0.6 is 0 Å². The average Bonchev–Trinajstić information content (AvgIpc) is 3.19. The van der Waals surface area contributed by atoms with Crippen molar-refractivity contribution in [1.82, 2.24) is 19.6 Å². The summed E-state index contributed by atoms with van der Waals surface area (Å²) in [5.41, 5.74) is 0.888. The van der Waals surface area contributed by atoms with Crippen LogP contribution in [0.15, 0.2) is 30.5 Å². The van der Waals surface area contributed by atoms with E-state index in [2.05, 4.69) is 20.4 Å². The van der Waals surface area contributed by atoms with Crippen molar-refractivity contribution >= 4 is 17.4 Å². The van der Waals surface area contributed by atoms with Crippen LogP contribution in [0, 0.1) is 0 Å². The third kappa shape index (κ3) is 2.81. The molecule has 6 nitrogen and oxygen atoms in total. The molecule has 0 bridgehead atoms. The topological polar surface area (TPSA) is 72.2 Å². The lowest BCUT2D eigenvalue weighted by Crippen LogP contribution is -2.16. The maximum atomic E-state index is 13.0.